The van der Waals surface area contributed by atoms with Gasteiger partial charge in [0.25, 0.3) is 0 Å². The molecular weight excluding hydrogens is 370 g/mol. The Labute approximate surface area is 171 Å². The molecule has 3 aliphatic rings. The molecule has 3 amide bonds. The van der Waals surface area contributed by atoms with E-state index in [9.17, 15) is 14.4 Å². The fourth-order valence-electron chi connectivity index (χ4n) is 4.39. The number of carbonyl (C=O) groups is 3. The van der Waals surface area contributed by atoms with E-state index >= 15 is 0 Å². The first-order chi connectivity index (χ1) is 14.0. The zero-order valence-corrected chi connectivity index (χ0v) is 16.9. The van der Waals surface area contributed by atoms with E-state index in [1.165, 1.54) is 0 Å². The number of ether oxygens (including phenoxy) is 1. The molecule has 1 aliphatic carbocycles. The third-order valence-electron chi connectivity index (χ3n) is 6.47. The van der Waals surface area contributed by atoms with Gasteiger partial charge in [-0.15, -0.1) is 0 Å². The molecule has 1 atom stereocenters. The van der Waals surface area contributed by atoms with Gasteiger partial charge in [0.1, 0.15) is 5.75 Å². The molecule has 1 saturated carbocycles. The second-order valence-corrected chi connectivity index (χ2v) is 8.34. The van der Waals surface area contributed by atoms with E-state index in [1.807, 2.05) is 29.2 Å². The van der Waals surface area contributed by atoms with Gasteiger partial charge in [-0.05, 0) is 37.8 Å². The largest absolute Gasteiger partial charge is 0.497 e. The SMILES string of the molecule is COc1cccc(N2C[C@H](C(=O)NC3CCN(C(=O)C4CCC4)CC3)CC2=O)c1. The Morgan fingerprint density at radius 2 is 1.86 bits per heavy atom. The fraction of sp³-hybridized carbons (Fsp3) is 0.591. The zero-order valence-electron chi connectivity index (χ0n) is 16.9. The smallest absolute Gasteiger partial charge is 0.227 e. The molecule has 0 aromatic heterocycles. The minimum atomic E-state index is -0.344. The number of likely N-dealkylation sites (tertiary alicyclic amines) is 1. The van der Waals surface area contributed by atoms with Crippen molar-refractivity contribution in [3.8, 4) is 5.75 Å². The van der Waals surface area contributed by atoms with Crippen LogP contribution >= 0.6 is 0 Å². The summed E-state index contributed by atoms with van der Waals surface area (Å²) in [6.07, 6.45) is 5.00. The number of anilines is 1. The number of benzene rings is 1. The summed E-state index contributed by atoms with van der Waals surface area (Å²) in [5.41, 5.74) is 0.757. The highest BCUT2D eigenvalue weighted by Crippen LogP contribution is 2.30. The molecule has 156 valence electrons. The van der Waals surface area contributed by atoms with Gasteiger partial charge in [-0.2, -0.15) is 0 Å². The summed E-state index contributed by atoms with van der Waals surface area (Å²) >= 11 is 0. The Balaban J connectivity index is 1.28. The molecular formula is C22H29N3O4. The van der Waals surface area contributed by atoms with Crippen LogP contribution in [-0.2, 0) is 14.4 Å². The predicted octanol–water partition coefficient (Wildman–Crippen LogP) is 1.96. The van der Waals surface area contributed by atoms with Crippen LogP contribution in [0.15, 0.2) is 24.3 Å². The lowest BCUT2D eigenvalue weighted by Gasteiger charge is -2.37. The molecule has 0 spiro atoms. The van der Waals surface area contributed by atoms with E-state index in [-0.39, 0.29) is 42.0 Å². The maximum Gasteiger partial charge on any atom is 0.227 e. The van der Waals surface area contributed by atoms with Crippen molar-refractivity contribution in [1.29, 1.82) is 0 Å². The van der Waals surface area contributed by atoms with Gasteiger partial charge in [0.05, 0.1) is 13.0 Å². The molecule has 7 heteroatoms. The maximum atomic E-state index is 12.7. The van der Waals surface area contributed by atoms with E-state index in [4.69, 9.17) is 4.74 Å². The number of nitrogens with zero attached hydrogens (tertiary/aromatic N) is 2. The summed E-state index contributed by atoms with van der Waals surface area (Å²) in [5.74, 6) is 0.756. The van der Waals surface area contributed by atoms with Crippen LogP contribution < -0.4 is 15.0 Å². The van der Waals surface area contributed by atoms with Crippen molar-refractivity contribution < 1.29 is 19.1 Å². The highest BCUT2D eigenvalue weighted by molar-refractivity contribution is 6.00. The van der Waals surface area contributed by atoms with Crippen molar-refractivity contribution in [1.82, 2.24) is 10.2 Å². The molecule has 1 N–H and O–H groups in total. The van der Waals surface area contributed by atoms with Gasteiger partial charge >= 0.3 is 0 Å². The standard InChI is InChI=1S/C22H29N3O4/c1-29-19-7-3-6-18(13-19)25-14-16(12-20(25)26)21(27)23-17-8-10-24(11-9-17)22(28)15-4-2-5-15/h3,6-7,13,15-17H,2,4-5,8-12,14H2,1H3,(H,23,27)/t16-/m1/s1. The molecule has 3 fully saturated rings. The number of carbonyl (C=O) groups excluding carboxylic acids is 3. The molecule has 1 aromatic carbocycles. The van der Waals surface area contributed by atoms with E-state index in [2.05, 4.69) is 5.32 Å². The molecule has 2 aliphatic heterocycles. The van der Waals surface area contributed by atoms with Crippen molar-refractivity contribution in [3.05, 3.63) is 24.3 Å². The van der Waals surface area contributed by atoms with Crippen LogP contribution in [0.25, 0.3) is 0 Å². The first-order valence-corrected chi connectivity index (χ1v) is 10.6. The summed E-state index contributed by atoms with van der Waals surface area (Å²) < 4.78 is 5.23. The highest BCUT2D eigenvalue weighted by Gasteiger charge is 2.37. The highest BCUT2D eigenvalue weighted by atomic mass is 16.5. The molecule has 2 heterocycles. The fourth-order valence-corrected chi connectivity index (χ4v) is 4.39. The number of nitrogens with one attached hydrogen (secondary N) is 1. The number of hydrogen-bond donors (Lipinski definition) is 1. The Morgan fingerprint density at radius 3 is 2.52 bits per heavy atom. The van der Waals surface area contributed by atoms with E-state index < -0.39 is 0 Å². The molecule has 29 heavy (non-hydrogen) atoms. The van der Waals surface area contributed by atoms with Gasteiger partial charge in [0, 0.05) is 49.8 Å². The van der Waals surface area contributed by atoms with E-state index in [1.54, 1.807) is 12.0 Å². The Morgan fingerprint density at radius 1 is 1.10 bits per heavy atom. The lowest BCUT2D eigenvalue weighted by atomic mass is 9.84. The summed E-state index contributed by atoms with van der Waals surface area (Å²) in [7, 11) is 1.59. The van der Waals surface area contributed by atoms with Crippen molar-refractivity contribution in [2.75, 3.05) is 31.6 Å². The first kappa shape index (κ1) is 19.7. The lowest BCUT2D eigenvalue weighted by molar-refractivity contribution is -0.139. The van der Waals surface area contributed by atoms with E-state index in [0.29, 0.717) is 25.4 Å². The van der Waals surface area contributed by atoms with Gasteiger partial charge in [-0.1, -0.05) is 12.5 Å². The van der Waals surface area contributed by atoms with Gasteiger partial charge < -0.3 is 19.9 Å². The quantitative estimate of drug-likeness (QED) is 0.821. The monoisotopic (exact) mass is 399 g/mol. The number of hydrogen-bond acceptors (Lipinski definition) is 4. The summed E-state index contributed by atoms with van der Waals surface area (Å²) in [4.78, 5) is 41.2. The maximum absolute atomic E-state index is 12.7. The number of rotatable bonds is 5. The number of piperidine rings is 1. The van der Waals surface area contributed by atoms with Crippen molar-refractivity contribution >= 4 is 23.4 Å². The van der Waals surface area contributed by atoms with E-state index in [0.717, 1.165) is 37.8 Å². The topological polar surface area (TPSA) is 79.0 Å². The summed E-state index contributed by atoms with van der Waals surface area (Å²) in [6.45, 7) is 1.80. The molecule has 2 saturated heterocycles. The minimum absolute atomic E-state index is 0.0423. The van der Waals surface area contributed by atoms with Crippen molar-refractivity contribution in [2.24, 2.45) is 11.8 Å². The third-order valence-corrected chi connectivity index (χ3v) is 6.47. The van der Waals surface area contributed by atoms with Gasteiger partial charge in [0.2, 0.25) is 17.7 Å². The zero-order chi connectivity index (χ0) is 20.4. The van der Waals surface area contributed by atoms with Crippen LogP contribution in [0.3, 0.4) is 0 Å². The molecule has 1 aromatic rings. The van der Waals surface area contributed by atoms with Crippen molar-refractivity contribution in [2.45, 2.75) is 44.6 Å². The molecule has 7 nitrogen and oxygen atoms in total. The van der Waals surface area contributed by atoms with Crippen LogP contribution in [0, 0.1) is 11.8 Å². The average molecular weight is 399 g/mol. The second-order valence-electron chi connectivity index (χ2n) is 8.34. The lowest BCUT2D eigenvalue weighted by Crippen LogP contribution is -2.49. The van der Waals surface area contributed by atoms with Gasteiger partial charge in [0.15, 0.2) is 0 Å². The van der Waals surface area contributed by atoms with Crippen molar-refractivity contribution in [3.63, 3.8) is 0 Å². The Bertz CT molecular complexity index is 784. The Kier molecular flexibility index (Phi) is 5.74. The van der Waals surface area contributed by atoms with Gasteiger partial charge in [-0.3, -0.25) is 14.4 Å². The summed E-state index contributed by atoms with van der Waals surface area (Å²) in [6, 6.07) is 7.42. The van der Waals surface area contributed by atoms with Crippen LogP contribution in [0.1, 0.15) is 38.5 Å². The van der Waals surface area contributed by atoms with Crippen LogP contribution in [0.5, 0.6) is 5.75 Å². The normalized spacial score (nSPS) is 23.1. The molecule has 0 radical (unpaired) electrons. The third kappa shape index (κ3) is 4.23. The first-order valence-electron chi connectivity index (χ1n) is 10.6. The summed E-state index contributed by atoms with van der Waals surface area (Å²) in [5, 5.41) is 3.11. The van der Waals surface area contributed by atoms with Crippen LogP contribution in [0.2, 0.25) is 0 Å². The minimum Gasteiger partial charge on any atom is -0.497 e. The molecule has 0 unspecified atom stereocenters. The second kappa shape index (κ2) is 8.43. The molecule has 4 rings (SSSR count). The van der Waals surface area contributed by atoms with Gasteiger partial charge in [-0.25, -0.2) is 0 Å². The van der Waals surface area contributed by atoms with Crippen LogP contribution in [-0.4, -0.2) is 55.4 Å². The van der Waals surface area contributed by atoms with Crippen LogP contribution in [0.4, 0.5) is 5.69 Å². The molecule has 0 bridgehead atoms. The number of amides is 3. The predicted molar refractivity (Wildman–Crippen MR) is 109 cm³/mol. The Hall–Kier alpha value is -2.57. The average Bonchev–Trinajstić information content (AvgIpc) is 3.09. The number of methoxy groups -OCH3 is 1.